The maximum absolute atomic E-state index is 12.7. The van der Waals surface area contributed by atoms with Crippen LogP contribution in [0, 0.1) is 6.92 Å². The highest BCUT2D eigenvalue weighted by Gasteiger charge is 2.24. The molecule has 0 bridgehead atoms. The van der Waals surface area contributed by atoms with Crippen LogP contribution in [-0.2, 0) is 16.9 Å². The summed E-state index contributed by atoms with van der Waals surface area (Å²) in [5.41, 5.74) is 5.13. The highest BCUT2D eigenvalue weighted by molar-refractivity contribution is 7.98. The zero-order valence-electron chi connectivity index (χ0n) is 20.5. The van der Waals surface area contributed by atoms with Crippen LogP contribution in [0.4, 0.5) is 0 Å². The van der Waals surface area contributed by atoms with E-state index in [0.29, 0.717) is 35.0 Å². The molecular weight excluding hydrogens is 464 g/mol. The van der Waals surface area contributed by atoms with Crippen LogP contribution in [0.3, 0.4) is 0 Å². The number of thioether (sulfide) groups is 1. The van der Waals surface area contributed by atoms with E-state index in [4.69, 9.17) is 19.3 Å². The fourth-order valence-corrected chi connectivity index (χ4v) is 4.69. The molecule has 0 aliphatic rings. The van der Waals surface area contributed by atoms with Gasteiger partial charge in [0.2, 0.25) is 0 Å². The Morgan fingerprint density at radius 1 is 1.00 bits per heavy atom. The van der Waals surface area contributed by atoms with Crippen LogP contribution >= 0.6 is 11.8 Å². The molecule has 182 valence electrons. The number of carbonyl (C=O) groups excluding carboxylic acids is 1. The SMILES string of the molecule is CCOC(=O)c1nnc2c(-c3ccc(OC)c(OC)c3)c(CC)nn2c1CSc1ccc(C)cc1. The van der Waals surface area contributed by atoms with E-state index < -0.39 is 5.97 Å². The lowest BCUT2D eigenvalue weighted by atomic mass is 10.0. The number of fused-ring (bicyclic) bond motifs is 1. The van der Waals surface area contributed by atoms with Gasteiger partial charge in [-0.15, -0.1) is 22.0 Å². The number of esters is 1. The molecule has 0 aliphatic heterocycles. The van der Waals surface area contributed by atoms with E-state index in [2.05, 4.69) is 41.4 Å². The Kier molecular flexibility index (Phi) is 7.55. The third-order valence-corrected chi connectivity index (χ3v) is 6.60. The first-order chi connectivity index (χ1) is 17.0. The number of rotatable bonds is 9. The average Bonchev–Trinajstić information content (AvgIpc) is 3.26. The van der Waals surface area contributed by atoms with Crippen LogP contribution in [0.1, 0.15) is 41.3 Å². The number of aryl methyl sites for hydroxylation is 2. The van der Waals surface area contributed by atoms with Crippen LogP contribution in [0.25, 0.3) is 16.8 Å². The summed E-state index contributed by atoms with van der Waals surface area (Å²) in [6.45, 7) is 6.10. The largest absolute Gasteiger partial charge is 0.493 e. The molecule has 2 aromatic heterocycles. The maximum Gasteiger partial charge on any atom is 0.360 e. The Morgan fingerprint density at radius 2 is 1.74 bits per heavy atom. The smallest absolute Gasteiger partial charge is 0.360 e. The number of ether oxygens (including phenoxy) is 3. The van der Waals surface area contributed by atoms with Gasteiger partial charge in [-0.1, -0.05) is 30.7 Å². The third-order valence-electron chi connectivity index (χ3n) is 5.58. The van der Waals surface area contributed by atoms with Gasteiger partial charge in [-0.05, 0) is 50.1 Å². The summed E-state index contributed by atoms with van der Waals surface area (Å²) in [5, 5.41) is 13.6. The first kappa shape index (κ1) is 24.5. The topological polar surface area (TPSA) is 87.8 Å². The lowest BCUT2D eigenvalue weighted by Crippen LogP contribution is -2.16. The minimum absolute atomic E-state index is 0.169. The fourth-order valence-electron chi connectivity index (χ4n) is 3.80. The first-order valence-electron chi connectivity index (χ1n) is 11.4. The van der Waals surface area contributed by atoms with E-state index in [9.17, 15) is 4.79 Å². The van der Waals surface area contributed by atoms with Crippen molar-refractivity contribution in [3.63, 3.8) is 0 Å². The van der Waals surface area contributed by atoms with E-state index in [1.165, 1.54) is 5.56 Å². The number of methoxy groups -OCH3 is 2. The van der Waals surface area contributed by atoms with Crippen molar-refractivity contribution in [3.8, 4) is 22.6 Å². The molecular formula is C26H28N4O4S. The van der Waals surface area contributed by atoms with Gasteiger partial charge in [0.1, 0.15) is 0 Å². The molecule has 0 saturated carbocycles. The highest BCUT2D eigenvalue weighted by atomic mass is 32.2. The van der Waals surface area contributed by atoms with Crippen LogP contribution in [0.15, 0.2) is 47.4 Å². The maximum atomic E-state index is 12.7. The minimum atomic E-state index is -0.511. The molecule has 0 saturated heterocycles. The Balaban J connectivity index is 1.87. The van der Waals surface area contributed by atoms with E-state index >= 15 is 0 Å². The zero-order chi connectivity index (χ0) is 24.9. The van der Waals surface area contributed by atoms with E-state index in [1.807, 2.05) is 25.1 Å². The van der Waals surface area contributed by atoms with Crippen LogP contribution < -0.4 is 9.47 Å². The molecule has 0 N–H and O–H groups in total. The Labute approximate surface area is 208 Å². The van der Waals surface area contributed by atoms with Gasteiger partial charge in [0.15, 0.2) is 22.8 Å². The number of nitrogens with zero attached hydrogens (tertiary/aromatic N) is 4. The van der Waals surface area contributed by atoms with Crippen molar-refractivity contribution in [1.29, 1.82) is 0 Å². The summed E-state index contributed by atoms with van der Waals surface area (Å²) >= 11 is 1.60. The first-order valence-corrected chi connectivity index (χ1v) is 12.3. The van der Waals surface area contributed by atoms with Crippen molar-refractivity contribution < 1.29 is 19.0 Å². The second-order valence-electron chi connectivity index (χ2n) is 7.80. The highest BCUT2D eigenvalue weighted by Crippen LogP contribution is 2.36. The van der Waals surface area contributed by atoms with Crippen molar-refractivity contribution >= 4 is 23.4 Å². The van der Waals surface area contributed by atoms with Gasteiger partial charge in [-0.3, -0.25) is 0 Å². The van der Waals surface area contributed by atoms with Gasteiger partial charge in [0, 0.05) is 10.6 Å². The molecule has 0 amide bonds. The number of hydrogen-bond acceptors (Lipinski definition) is 8. The molecule has 8 nitrogen and oxygen atoms in total. The summed E-state index contributed by atoms with van der Waals surface area (Å²) in [7, 11) is 3.20. The normalized spacial score (nSPS) is 11.0. The van der Waals surface area contributed by atoms with E-state index in [-0.39, 0.29) is 12.3 Å². The number of hydrogen-bond donors (Lipinski definition) is 0. The van der Waals surface area contributed by atoms with Gasteiger partial charge in [0.25, 0.3) is 0 Å². The van der Waals surface area contributed by atoms with Crippen molar-refractivity contribution in [3.05, 3.63) is 65.1 Å². The predicted octanol–water partition coefficient (Wildman–Crippen LogP) is 5.15. The Hall–Kier alpha value is -3.59. The molecule has 9 heteroatoms. The molecule has 4 rings (SSSR count). The molecule has 2 heterocycles. The van der Waals surface area contributed by atoms with Crippen molar-refractivity contribution in [1.82, 2.24) is 19.8 Å². The van der Waals surface area contributed by atoms with Crippen molar-refractivity contribution in [2.24, 2.45) is 0 Å². The molecule has 0 spiro atoms. The summed E-state index contributed by atoms with van der Waals surface area (Å²) < 4.78 is 17.9. The van der Waals surface area contributed by atoms with Crippen LogP contribution in [-0.4, -0.2) is 46.6 Å². The lowest BCUT2D eigenvalue weighted by molar-refractivity contribution is 0.0516. The molecule has 0 unspecified atom stereocenters. The fraction of sp³-hybridized carbons (Fsp3) is 0.308. The molecule has 0 atom stereocenters. The molecule has 2 aromatic carbocycles. The van der Waals surface area contributed by atoms with Gasteiger partial charge in [-0.2, -0.15) is 5.10 Å². The monoisotopic (exact) mass is 492 g/mol. The molecule has 0 fully saturated rings. The summed E-state index contributed by atoms with van der Waals surface area (Å²) in [6.07, 6.45) is 0.673. The van der Waals surface area contributed by atoms with E-state index in [1.54, 1.807) is 37.4 Å². The second kappa shape index (κ2) is 10.8. The van der Waals surface area contributed by atoms with Gasteiger partial charge < -0.3 is 14.2 Å². The number of carbonyl (C=O) groups is 1. The Morgan fingerprint density at radius 3 is 2.40 bits per heavy atom. The summed E-state index contributed by atoms with van der Waals surface area (Å²) in [5.74, 6) is 1.20. The molecule has 35 heavy (non-hydrogen) atoms. The zero-order valence-corrected chi connectivity index (χ0v) is 21.3. The van der Waals surface area contributed by atoms with Crippen LogP contribution in [0.5, 0.6) is 11.5 Å². The lowest BCUT2D eigenvalue weighted by Gasteiger charge is -2.11. The quantitative estimate of drug-likeness (QED) is 0.234. The summed E-state index contributed by atoms with van der Waals surface area (Å²) in [6, 6.07) is 13.9. The standard InChI is InChI=1S/C26H28N4O4S/c1-6-19-23(17-10-13-21(32-4)22(14-17)33-5)25-28-27-24(26(31)34-7-2)20(30(25)29-19)15-35-18-11-8-16(3)9-12-18/h8-14H,6-7,15H2,1-5H3. The van der Waals surface area contributed by atoms with Gasteiger partial charge >= 0.3 is 5.97 Å². The molecule has 4 aromatic rings. The van der Waals surface area contributed by atoms with Crippen LogP contribution in [0.2, 0.25) is 0 Å². The number of aromatic nitrogens is 4. The summed E-state index contributed by atoms with van der Waals surface area (Å²) in [4.78, 5) is 13.8. The average molecular weight is 493 g/mol. The van der Waals surface area contributed by atoms with Gasteiger partial charge in [-0.25, -0.2) is 9.31 Å². The van der Waals surface area contributed by atoms with E-state index in [0.717, 1.165) is 21.7 Å². The third kappa shape index (κ3) is 4.95. The number of benzene rings is 2. The predicted molar refractivity (Wildman–Crippen MR) is 135 cm³/mol. The molecule has 0 radical (unpaired) electrons. The Bertz CT molecular complexity index is 1350. The second-order valence-corrected chi connectivity index (χ2v) is 8.85. The van der Waals surface area contributed by atoms with Gasteiger partial charge in [0.05, 0.1) is 37.8 Å². The minimum Gasteiger partial charge on any atom is -0.493 e. The van der Waals surface area contributed by atoms with Crippen molar-refractivity contribution in [2.75, 3.05) is 20.8 Å². The molecule has 0 aliphatic carbocycles. The van der Waals surface area contributed by atoms with Crippen molar-refractivity contribution in [2.45, 2.75) is 37.8 Å².